The number of allylic oxidation sites excluding steroid dienone is 1. The first-order chi connectivity index (χ1) is 21.6. The lowest BCUT2D eigenvalue weighted by Gasteiger charge is -2.39. The number of fused-ring (bicyclic) bond motifs is 1. The SMILES string of the molecule is CCN(CC)c1ccc2cc(/C=C(\C#N)S(=O)(=O)NCCOCCc3cn(C[C@H]4O[C@H](OC)[C@H](O)[C@@H](O)[C@@H]4O)nn3)ccc2c1. The lowest BCUT2D eigenvalue weighted by atomic mass is 9.99. The molecule has 244 valence electrons. The molecule has 0 bridgehead atoms. The molecular weight excluding hydrogens is 604 g/mol. The van der Waals surface area contributed by atoms with Crippen LogP contribution in [0.2, 0.25) is 0 Å². The summed E-state index contributed by atoms with van der Waals surface area (Å²) in [5, 5.41) is 49.7. The van der Waals surface area contributed by atoms with Gasteiger partial charge in [-0.05, 0) is 54.5 Å². The van der Waals surface area contributed by atoms with E-state index in [0.717, 1.165) is 29.5 Å². The number of anilines is 1. The predicted octanol–water partition coefficient (Wildman–Crippen LogP) is 0.775. The summed E-state index contributed by atoms with van der Waals surface area (Å²) in [5.41, 5.74) is 2.30. The Morgan fingerprint density at radius 3 is 2.56 bits per heavy atom. The number of hydrogen-bond acceptors (Lipinski definition) is 12. The van der Waals surface area contributed by atoms with Crippen molar-refractivity contribution in [1.82, 2.24) is 19.7 Å². The summed E-state index contributed by atoms with van der Waals surface area (Å²) in [6.45, 7) is 6.32. The van der Waals surface area contributed by atoms with Crippen LogP contribution >= 0.6 is 0 Å². The Bertz CT molecular complexity index is 1600. The van der Waals surface area contributed by atoms with Crippen molar-refractivity contribution in [3.8, 4) is 6.07 Å². The van der Waals surface area contributed by atoms with Gasteiger partial charge < -0.3 is 34.4 Å². The van der Waals surface area contributed by atoms with Gasteiger partial charge in [0, 0.05) is 45.0 Å². The van der Waals surface area contributed by atoms with Crippen LogP contribution in [0.4, 0.5) is 5.69 Å². The number of sulfonamides is 1. The first-order valence-electron chi connectivity index (χ1n) is 14.7. The minimum atomic E-state index is -4.05. The Kier molecular flexibility index (Phi) is 12.0. The Morgan fingerprint density at radius 2 is 1.84 bits per heavy atom. The molecule has 0 saturated carbocycles. The third-order valence-corrected chi connectivity index (χ3v) is 8.94. The highest BCUT2D eigenvalue weighted by Gasteiger charge is 2.44. The first kappa shape index (κ1) is 34.4. The molecule has 0 unspecified atom stereocenters. The molecule has 1 saturated heterocycles. The molecule has 0 spiro atoms. The zero-order chi connectivity index (χ0) is 32.6. The second-order valence-corrected chi connectivity index (χ2v) is 12.3. The van der Waals surface area contributed by atoms with E-state index in [1.807, 2.05) is 24.3 Å². The van der Waals surface area contributed by atoms with E-state index < -0.39 is 45.6 Å². The van der Waals surface area contributed by atoms with Gasteiger partial charge in [-0.2, -0.15) is 5.26 Å². The van der Waals surface area contributed by atoms with Gasteiger partial charge in [0.2, 0.25) is 0 Å². The number of aliphatic hydroxyl groups is 3. The van der Waals surface area contributed by atoms with Crippen molar-refractivity contribution in [2.75, 3.05) is 44.9 Å². The number of nitrogens with one attached hydrogen (secondary N) is 1. The maximum absolute atomic E-state index is 12.8. The van der Waals surface area contributed by atoms with Crippen LogP contribution in [0.25, 0.3) is 16.8 Å². The van der Waals surface area contributed by atoms with Crippen LogP contribution in [0.3, 0.4) is 0 Å². The summed E-state index contributed by atoms with van der Waals surface area (Å²) in [6, 6.07) is 13.4. The Balaban J connectivity index is 1.24. The number of nitriles is 1. The molecule has 15 heteroatoms. The van der Waals surface area contributed by atoms with Crippen LogP contribution in [-0.2, 0) is 37.2 Å². The number of nitrogens with zero attached hydrogens (tertiary/aromatic N) is 5. The maximum Gasteiger partial charge on any atom is 0.250 e. The van der Waals surface area contributed by atoms with Crippen molar-refractivity contribution in [2.24, 2.45) is 0 Å². The normalized spacial score (nSPS) is 22.4. The van der Waals surface area contributed by atoms with Crippen molar-refractivity contribution in [1.29, 1.82) is 5.26 Å². The monoisotopic (exact) mass is 644 g/mol. The zero-order valence-electron chi connectivity index (χ0n) is 25.5. The highest BCUT2D eigenvalue weighted by molar-refractivity contribution is 7.93. The quantitative estimate of drug-likeness (QED) is 0.134. The number of methoxy groups -OCH3 is 1. The van der Waals surface area contributed by atoms with Crippen LogP contribution in [0, 0.1) is 11.3 Å². The smallest absolute Gasteiger partial charge is 0.250 e. The number of hydrogen-bond donors (Lipinski definition) is 4. The molecule has 4 N–H and O–H groups in total. The van der Waals surface area contributed by atoms with Gasteiger partial charge in [-0.3, -0.25) is 0 Å². The van der Waals surface area contributed by atoms with E-state index in [2.05, 4.69) is 39.8 Å². The molecule has 1 aliphatic rings. The molecule has 0 radical (unpaired) electrons. The fourth-order valence-electron chi connectivity index (χ4n) is 5.04. The van der Waals surface area contributed by atoms with Gasteiger partial charge in [-0.15, -0.1) is 5.10 Å². The summed E-state index contributed by atoms with van der Waals surface area (Å²) in [7, 11) is -2.73. The Morgan fingerprint density at radius 1 is 1.11 bits per heavy atom. The molecule has 0 aliphatic carbocycles. The molecule has 5 atom stereocenters. The van der Waals surface area contributed by atoms with Crippen molar-refractivity contribution in [3.05, 3.63) is 58.8 Å². The van der Waals surface area contributed by atoms with Crippen LogP contribution in [-0.4, -0.2) is 109 Å². The zero-order valence-corrected chi connectivity index (χ0v) is 26.3. The minimum Gasteiger partial charge on any atom is -0.388 e. The van der Waals surface area contributed by atoms with Gasteiger partial charge in [-0.1, -0.05) is 23.4 Å². The predicted molar refractivity (Wildman–Crippen MR) is 166 cm³/mol. The molecule has 4 rings (SSSR count). The van der Waals surface area contributed by atoms with Gasteiger partial charge in [0.05, 0.1) is 25.5 Å². The third-order valence-electron chi connectivity index (χ3n) is 7.57. The molecule has 45 heavy (non-hydrogen) atoms. The molecule has 2 heterocycles. The summed E-state index contributed by atoms with van der Waals surface area (Å²) in [5.74, 6) is 0. The standard InChI is InChI=1S/C30H40N6O8S/c1-4-35(5-2)24-9-8-21-14-20(6-7-22(21)16-24)15-25(17-31)45(40,41)32-11-13-43-12-10-23-18-36(34-33-23)19-26-27(37)28(38)29(39)30(42-3)44-26/h6-9,14-16,18,26-30,32,37-39H,4-5,10-13,19H2,1-3H3/b25-15+/t26-,27-,28+,29-,30+/m1/s1. The van der Waals surface area contributed by atoms with Crippen LogP contribution in [0.1, 0.15) is 25.1 Å². The molecule has 2 aromatic carbocycles. The average molecular weight is 645 g/mol. The van der Waals surface area contributed by atoms with Crippen molar-refractivity contribution < 1.29 is 37.9 Å². The van der Waals surface area contributed by atoms with E-state index in [0.29, 0.717) is 17.7 Å². The van der Waals surface area contributed by atoms with Crippen molar-refractivity contribution in [2.45, 2.75) is 57.5 Å². The number of aliphatic hydroxyl groups excluding tert-OH is 3. The number of benzene rings is 2. The molecule has 1 aromatic heterocycles. The lowest BCUT2D eigenvalue weighted by molar-refractivity contribution is -0.292. The lowest BCUT2D eigenvalue weighted by Crippen LogP contribution is -2.58. The Hall–Kier alpha value is -3.46. The number of aromatic nitrogens is 3. The summed E-state index contributed by atoms with van der Waals surface area (Å²) >= 11 is 0. The van der Waals surface area contributed by atoms with Gasteiger partial charge >= 0.3 is 0 Å². The second kappa shape index (κ2) is 15.7. The van der Waals surface area contributed by atoms with Gasteiger partial charge in [0.1, 0.15) is 30.5 Å². The Labute approximate surface area is 262 Å². The molecular formula is C30H40N6O8S. The maximum atomic E-state index is 12.8. The fourth-order valence-corrected chi connectivity index (χ4v) is 5.96. The number of ether oxygens (including phenoxy) is 3. The van der Waals surface area contributed by atoms with E-state index in [4.69, 9.17) is 14.2 Å². The van der Waals surface area contributed by atoms with E-state index in [-0.39, 0.29) is 26.3 Å². The fraction of sp³-hybridized carbons (Fsp3) is 0.500. The molecule has 1 aliphatic heterocycles. The van der Waals surface area contributed by atoms with Crippen molar-refractivity contribution >= 4 is 32.6 Å². The molecule has 3 aromatic rings. The van der Waals surface area contributed by atoms with Crippen LogP contribution < -0.4 is 9.62 Å². The molecule has 1 fully saturated rings. The van der Waals surface area contributed by atoms with Gasteiger partial charge in [-0.25, -0.2) is 17.8 Å². The molecule has 0 amide bonds. The van der Waals surface area contributed by atoms with E-state index in [1.165, 1.54) is 17.9 Å². The van der Waals surface area contributed by atoms with Crippen LogP contribution in [0.5, 0.6) is 0 Å². The highest BCUT2D eigenvalue weighted by Crippen LogP contribution is 2.25. The average Bonchev–Trinajstić information content (AvgIpc) is 3.49. The minimum absolute atomic E-state index is 0.0361. The van der Waals surface area contributed by atoms with Crippen LogP contribution in [0.15, 0.2) is 47.5 Å². The van der Waals surface area contributed by atoms with E-state index in [9.17, 15) is 29.0 Å². The number of rotatable bonds is 15. The molecule has 14 nitrogen and oxygen atoms in total. The topological polar surface area (TPSA) is 192 Å². The third kappa shape index (κ3) is 8.63. The second-order valence-electron chi connectivity index (χ2n) is 10.5. The summed E-state index contributed by atoms with van der Waals surface area (Å²) in [6.07, 6.45) is -2.78. The van der Waals surface area contributed by atoms with Gasteiger partial charge in [0.15, 0.2) is 11.2 Å². The van der Waals surface area contributed by atoms with Gasteiger partial charge in [0.25, 0.3) is 10.0 Å². The summed E-state index contributed by atoms with van der Waals surface area (Å²) < 4.78 is 45.5. The van der Waals surface area contributed by atoms with E-state index >= 15 is 0 Å². The summed E-state index contributed by atoms with van der Waals surface area (Å²) in [4.78, 5) is 1.84. The van der Waals surface area contributed by atoms with Crippen molar-refractivity contribution in [3.63, 3.8) is 0 Å². The first-order valence-corrected chi connectivity index (χ1v) is 16.2. The largest absolute Gasteiger partial charge is 0.388 e. The highest BCUT2D eigenvalue weighted by atomic mass is 32.2. The van der Waals surface area contributed by atoms with E-state index in [1.54, 1.807) is 18.3 Å².